The monoisotopic (exact) mass is 342 g/mol. The van der Waals surface area contributed by atoms with Gasteiger partial charge >= 0.3 is 0 Å². The van der Waals surface area contributed by atoms with Crippen molar-refractivity contribution in [1.82, 2.24) is 9.97 Å². The van der Waals surface area contributed by atoms with Crippen LogP contribution in [0, 0.1) is 5.82 Å². The van der Waals surface area contributed by atoms with Gasteiger partial charge in [-0.05, 0) is 37.3 Å². The Hall–Kier alpha value is -2.21. The van der Waals surface area contributed by atoms with E-state index in [0.29, 0.717) is 6.54 Å². The third-order valence-electron chi connectivity index (χ3n) is 5.44. The minimum Gasteiger partial charge on any atom is -0.394 e. The molecule has 0 radical (unpaired) electrons. The van der Waals surface area contributed by atoms with Gasteiger partial charge in [-0.25, -0.2) is 14.4 Å². The number of anilines is 2. The summed E-state index contributed by atoms with van der Waals surface area (Å²) in [6, 6.07) is 9.09. The van der Waals surface area contributed by atoms with Crippen LogP contribution in [-0.4, -0.2) is 40.8 Å². The van der Waals surface area contributed by atoms with Gasteiger partial charge in [-0.1, -0.05) is 18.2 Å². The van der Waals surface area contributed by atoms with Crippen LogP contribution in [0.3, 0.4) is 0 Å². The Kier molecular flexibility index (Phi) is 4.29. The first-order valence-corrected chi connectivity index (χ1v) is 8.90. The number of aliphatic hydroxyl groups is 1. The Bertz CT molecular complexity index is 750. The Morgan fingerprint density at radius 2 is 2.12 bits per heavy atom. The third-order valence-corrected chi connectivity index (χ3v) is 5.44. The van der Waals surface area contributed by atoms with Gasteiger partial charge < -0.3 is 15.3 Å². The van der Waals surface area contributed by atoms with Gasteiger partial charge in [0.25, 0.3) is 0 Å². The van der Waals surface area contributed by atoms with Crippen molar-refractivity contribution in [3.63, 3.8) is 0 Å². The number of hydrogen-bond acceptors (Lipinski definition) is 5. The minimum absolute atomic E-state index is 0.127. The lowest BCUT2D eigenvalue weighted by Gasteiger charge is -2.24. The molecule has 5 nitrogen and oxygen atoms in total. The summed E-state index contributed by atoms with van der Waals surface area (Å²) in [6.45, 7) is 1.71. The van der Waals surface area contributed by atoms with Gasteiger partial charge in [0.1, 0.15) is 23.8 Å². The quantitative estimate of drug-likeness (QED) is 0.845. The van der Waals surface area contributed by atoms with Crippen molar-refractivity contribution in [1.29, 1.82) is 0 Å². The smallest absolute Gasteiger partial charge is 0.134 e. The first-order valence-electron chi connectivity index (χ1n) is 8.90. The summed E-state index contributed by atoms with van der Waals surface area (Å²) >= 11 is 0. The normalized spacial score (nSPS) is 21.4. The number of aliphatic hydroxyl groups excluding tert-OH is 1. The van der Waals surface area contributed by atoms with Crippen LogP contribution < -0.4 is 10.2 Å². The zero-order valence-electron chi connectivity index (χ0n) is 14.2. The van der Waals surface area contributed by atoms with Crippen molar-refractivity contribution < 1.29 is 9.50 Å². The summed E-state index contributed by atoms with van der Waals surface area (Å²) in [6.07, 6.45) is 5.57. The second-order valence-corrected chi connectivity index (χ2v) is 7.05. The van der Waals surface area contributed by atoms with Crippen LogP contribution in [-0.2, 0) is 5.41 Å². The van der Waals surface area contributed by atoms with Gasteiger partial charge in [0.05, 0.1) is 12.6 Å². The molecule has 1 aliphatic carbocycles. The molecule has 2 N–H and O–H groups in total. The Labute approximate surface area is 146 Å². The van der Waals surface area contributed by atoms with Gasteiger partial charge in [-0.2, -0.15) is 0 Å². The highest BCUT2D eigenvalue weighted by Gasteiger charge is 2.45. The first kappa shape index (κ1) is 16.3. The lowest BCUT2D eigenvalue weighted by atomic mass is 9.95. The lowest BCUT2D eigenvalue weighted by Crippen LogP contribution is -2.32. The second-order valence-electron chi connectivity index (χ2n) is 7.05. The van der Waals surface area contributed by atoms with Crippen LogP contribution in [0.15, 0.2) is 36.7 Å². The topological polar surface area (TPSA) is 61.3 Å². The Morgan fingerprint density at radius 1 is 1.28 bits per heavy atom. The Balaban J connectivity index is 1.47. The number of aromatic nitrogens is 2. The standard InChI is InChI=1S/C19H23FN4O/c20-16-6-2-1-5-15(16)19(7-8-19)12-21-17-10-18(23-13-22-17)24-9-3-4-14(24)11-25/h1-2,5-6,10,13-14,25H,3-4,7-9,11-12H2,(H,21,22,23). The summed E-state index contributed by atoms with van der Waals surface area (Å²) in [7, 11) is 0. The summed E-state index contributed by atoms with van der Waals surface area (Å²) in [5.74, 6) is 1.45. The lowest BCUT2D eigenvalue weighted by molar-refractivity contribution is 0.266. The van der Waals surface area contributed by atoms with Gasteiger partial charge in [0.2, 0.25) is 0 Å². The number of nitrogens with zero attached hydrogens (tertiary/aromatic N) is 3. The number of hydrogen-bond donors (Lipinski definition) is 2. The van der Waals surface area contributed by atoms with Crippen molar-refractivity contribution in [2.75, 3.05) is 29.9 Å². The molecule has 1 saturated heterocycles. The van der Waals surface area contributed by atoms with Crippen LogP contribution in [0.2, 0.25) is 0 Å². The molecule has 1 aromatic carbocycles. The molecular weight excluding hydrogens is 319 g/mol. The molecule has 0 bridgehead atoms. The summed E-state index contributed by atoms with van der Waals surface area (Å²) in [5.41, 5.74) is 0.661. The van der Waals surface area contributed by atoms with Gasteiger partial charge in [0, 0.05) is 24.6 Å². The van der Waals surface area contributed by atoms with E-state index in [1.54, 1.807) is 12.4 Å². The molecule has 1 atom stereocenters. The predicted molar refractivity (Wildman–Crippen MR) is 95.3 cm³/mol. The molecule has 25 heavy (non-hydrogen) atoms. The molecule has 0 spiro atoms. The van der Waals surface area contributed by atoms with Crippen LogP contribution in [0.1, 0.15) is 31.2 Å². The number of benzene rings is 1. The van der Waals surface area contributed by atoms with E-state index in [4.69, 9.17) is 0 Å². The number of nitrogens with one attached hydrogen (secondary N) is 1. The maximum atomic E-state index is 14.1. The van der Waals surface area contributed by atoms with E-state index in [1.807, 2.05) is 18.2 Å². The number of rotatable bonds is 6. The van der Waals surface area contributed by atoms with Crippen LogP contribution >= 0.6 is 0 Å². The molecule has 1 unspecified atom stereocenters. The van der Waals surface area contributed by atoms with Crippen molar-refractivity contribution in [3.8, 4) is 0 Å². The molecule has 132 valence electrons. The second kappa shape index (κ2) is 6.59. The fourth-order valence-electron chi connectivity index (χ4n) is 3.77. The zero-order chi connectivity index (χ0) is 17.3. The third kappa shape index (κ3) is 3.18. The molecule has 2 aromatic rings. The molecule has 1 aliphatic heterocycles. The van der Waals surface area contributed by atoms with Crippen LogP contribution in [0.5, 0.6) is 0 Å². The van der Waals surface area contributed by atoms with Crippen molar-refractivity contribution in [2.24, 2.45) is 0 Å². The van der Waals surface area contributed by atoms with Gasteiger partial charge in [-0.15, -0.1) is 0 Å². The molecule has 1 saturated carbocycles. The molecule has 2 fully saturated rings. The number of halogens is 1. The largest absolute Gasteiger partial charge is 0.394 e. The molecular formula is C19H23FN4O. The average Bonchev–Trinajstić information content (AvgIpc) is 3.27. The SMILES string of the molecule is OCC1CCCN1c1cc(NCC2(c3ccccc3F)CC2)ncn1. The highest BCUT2D eigenvalue weighted by Crippen LogP contribution is 2.49. The van der Waals surface area contributed by atoms with Gasteiger partial charge in [0.15, 0.2) is 0 Å². The van der Waals surface area contributed by atoms with E-state index in [0.717, 1.165) is 49.4 Å². The summed E-state index contributed by atoms with van der Waals surface area (Å²) in [4.78, 5) is 10.8. The highest BCUT2D eigenvalue weighted by molar-refractivity contribution is 5.50. The highest BCUT2D eigenvalue weighted by atomic mass is 19.1. The van der Waals surface area contributed by atoms with Crippen LogP contribution in [0.4, 0.5) is 16.0 Å². The van der Waals surface area contributed by atoms with E-state index in [9.17, 15) is 9.50 Å². The average molecular weight is 342 g/mol. The van der Waals surface area contributed by atoms with E-state index in [1.165, 1.54) is 6.07 Å². The van der Waals surface area contributed by atoms with E-state index >= 15 is 0 Å². The minimum atomic E-state index is -0.131. The van der Waals surface area contributed by atoms with Crippen LogP contribution in [0.25, 0.3) is 0 Å². The molecule has 1 aromatic heterocycles. The maximum Gasteiger partial charge on any atom is 0.134 e. The van der Waals surface area contributed by atoms with Crippen molar-refractivity contribution in [2.45, 2.75) is 37.1 Å². The molecule has 6 heteroatoms. The Morgan fingerprint density at radius 3 is 2.88 bits per heavy atom. The predicted octanol–water partition coefficient (Wildman–Crippen LogP) is 2.72. The maximum absolute atomic E-state index is 14.1. The van der Waals surface area contributed by atoms with E-state index in [2.05, 4.69) is 20.2 Å². The van der Waals surface area contributed by atoms with Crippen molar-refractivity contribution >= 4 is 11.6 Å². The van der Waals surface area contributed by atoms with E-state index < -0.39 is 0 Å². The summed E-state index contributed by atoms with van der Waals surface area (Å²) in [5, 5.41) is 12.9. The molecule has 2 heterocycles. The van der Waals surface area contributed by atoms with E-state index in [-0.39, 0.29) is 23.9 Å². The summed E-state index contributed by atoms with van der Waals surface area (Å²) < 4.78 is 14.1. The van der Waals surface area contributed by atoms with Crippen molar-refractivity contribution in [3.05, 3.63) is 48.0 Å². The first-order chi connectivity index (χ1) is 12.2. The fraction of sp³-hybridized carbons (Fsp3) is 0.474. The van der Waals surface area contributed by atoms with Gasteiger partial charge in [-0.3, -0.25) is 0 Å². The fourth-order valence-corrected chi connectivity index (χ4v) is 3.77. The molecule has 0 amide bonds. The zero-order valence-corrected chi connectivity index (χ0v) is 14.2. The molecule has 4 rings (SSSR count). The molecule has 2 aliphatic rings.